The average molecular weight is 457 g/mol. The molecular weight excluding hydrogens is 432 g/mol. The number of nitrogens with zero attached hydrogens (tertiary/aromatic N) is 4. The number of carbonyl (C=O) groups excluding carboxylic acids is 2. The zero-order chi connectivity index (χ0) is 23.7. The lowest BCUT2D eigenvalue weighted by molar-refractivity contribution is 0.0534. The number of rotatable bonds is 4. The number of aryl methyl sites for hydroxylation is 1. The molecule has 8 heteroatoms. The Hall–Kier alpha value is -4.33. The van der Waals surface area contributed by atoms with Crippen molar-refractivity contribution in [1.82, 2.24) is 19.6 Å². The van der Waals surface area contributed by atoms with Gasteiger partial charge in [0.05, 0.1) is 16.8 Å². The molecule has 0 aliphatic carbocycles. The van der Waals surface area contributed by atoms with Crippen molar-refractivity contribution in [3.63, 3.8) is 0 Å². The Morgan fingerprint density at radius 2 is 1.44 bits per heavy atom. The molecule has 1 N–H and O–H groups in total. The lowest BCUT2D eigenvalue weighted by Crippen LogP contribution is -2.50. The van der Waals surface area contributed by atoms with Crippen LogP contribution in [0.1, 0.15) is 26.5 Å². The van der Waals surface area contributed by atoms with E-state index in [-0.39, 0.29) is 23.1 Å². The first-order valence-electron chi connectivity index (χ1n) is 11.1. The van der Waals surface area contributed by atoms with Gasteiger partial charge in [0.2, 0.25) is 0 Å². The first-order chi connectivity index (χ1) is 16.5. The Balaban J connectivity index is 1.38. The number of phenols is 1. The molecule has 0 unspecified atom stereocenters. The van der Waals surface area contributed by atoms with E-state index in [0.29, 0.717) is 43.2 Å². The Labute approximate surface area is 196 Å². The van der Waals surface area contributed by atoms with Crippen molar-refractivity contribution in [2.24, 2.45) is 0 Å². The van der Waals surface area contributed by atoms with Crippen LogP contribution in [0, 0.1) is 6.92 Å². The van der Waals surface area contributed by atoms with Gasteiger partial charge in [-0.15, -0.1) is 0 Å². The fourth-order valence-electron chi connectivity index (χ4n) is 4.10. The number of hydrogen-bond acceptors (Lipinski definition) is 5. The summed E-state index contributed by atoms with van der Waals surface area (Å²) >= 11 is 0. The number of para-hydroxylation sites is 2. The fraction of sp³-hybridized carbons (Fsp3) is 0.192. The second-order valence-corrected chi connectivity index (χ2v) is 8.18. The summed E-state index contributed by atoms with van der Waals surface area (Å²) in [5.41, 5.74) is 2.03. The van der Waals surface area contributed by atoms with Crippen molar-refractivity contribution < 1.29 is 19.1 Å². The van der Waals surface area contributed by atoms with Gasteiger partial charge in [-0.05, 0) is 43.3 Å². The quantitative estimate of drug-likeness (QED) is 0.505. The van der Waals surface area contributed by atoms with Crippen LogP contribution in [0.2, 0.25) is 0 Å². The fourth-order valence-corrected chi connectivity index (χ4v) is 4.10. The summed E-state index contributed by atoms with van der Waals surface area (Å²) in [5.74, 6) is 0.815. The molecule has 4 aromatic rings. The lowest BCUT2D eigenvalue weighted by Gasteiger charge is -2.34. The number of hydrogen-bond donors (Lipinski definition) is 1. The van der Waals surface area contributed by atoms with Crippen molar-refractivity contribution >= 4 is 11.8 Å². The highest BCUT2D eigenvalue weighted by Gasteiger charge is 2.30. The first kappa shape index (κ1) is 21.5. The van der Waals surface area contributed by atoms with Crippen molar-refractivity contribution in [3.05, 3.63) is 89.8 Å². The number of benzene rings is 2. The molecule has 0 saturated carbocycles. The second kappa shape index (κ2) is 8.90. The predicted molar refractivity (Wildman–Crippen MR) is 126 cm³/mol. The Morgan fingerprint density at radius 1 is 0.824 bits per heavy atom. The maximum absolute atomic E-state index is 13.5. The van der Waals surface area contributed by atoms with Gasteiger partial charge in [0.15, 0.2) is 5.76 Å². The van der Waals surface area contributed by atoms with E-state index >= 15 is 0 Å². The number of furan rings is 1. The third-order valence-corrected chi connectivity index (χ3v) is 5.93. The lowest BCUT2D eigenvalue weighted by atomic mass is 10.1. The molecule has 0 radical (unpaired) electrons. The minimum absolute atomic E-state index is 0.0438. The Bertz CT molecular complexity index is 1330. The van der Waals surface area contributed by atoms with E-state index in [0.717, 1.165) is 11.4 Å². The first-order valence-corrected chi connectivity index (χ1v) is 11.1. The van der Waals surface area contributed by atoms with E-state index < -0.39 is 0 Å². The number of aromatic nitrogens is 2. The van der Waals surface area contributed by atoms with Crippen molar-refractivity contribution in [2.75, 3.05) is 26.2 Å². The van der Waals surface area contributed by atoms with E-state index in [9.17, 15) is 14.7 Å². The van der Waals surface area contributed by atoms with Gasteiger partial charge in [-0.25, -0.2) is 4.68 Å². The van der Waals surface area contributed by atoms with Gasteiger partial charge < -0.3 is 19.3 Å². The van der Waals surface area contributed by atoms with Crippen LogP contribution in [0.3, 0.4) is 0 Å². The number of phenolic OH excluding ortho intramolecular Hbond substituents is 1. The van der Waals surface area contributed by atoms with Crippen LogP contribution < -0.4 is 0 Å². The van der Waals surface area contributed by atoms with Gasteiger partial charge in [0.25, 0.3) is 11.8 Å². The Kier molecular flexibility index (Phi) is 5.63. The SMILES string of the molecule is Cc1ccc(-c2nn(-c3ccccc3)cc2C(=O)N2CCN(C(=O)c3ccccc3O)CC2)o1. The highest BCUT2D eigenvalue weighted by Crippen LogP contribution is 2.27. The summed E-state index contributed by atoms with van der Waals surface area (Å²) < 4.78 is 7.46. The van der Waals surface area contributed by atoms with Crippen LogP contribution in [0.5, 0.6) is 5.75 Å². The molecule has 1 fully saturated rings. The van der Waals surface area contributed by atoms with Crippen molar-refractivity contribution in [2.45, 2.75) is 6.92 Å². The highest BCUT2D eigenvalue weighted by molar-refractivity contribution is 6.00. The molecule has 2 aromatic heterocycles. The van der Waals surface area contributed by atoms with Gasteiger partial charge in [-0.3, -0.25) is 9.59 Å². The normalized spacial score (nSPS) is 13.8. The van der Waals surface area contributed by atoms with Crippen LogP contribution in [-0.2, 0) is 0 Å². The smallest absolute Gasteiger partial charge is 0.257 e. The topological polar surface area (TPSA) is 91.8 Å². The largest absolute Gasteiger partial charge is 0.507 e. The van der Waals surface area contributed by atoms with E-state index in [1.165, 1.54) is 6.07 Å². The summed E-state index contributed by atoms with van der Waals surface area (Å²) in [7, 11) is 0. The molecule has 172 valence electrons. The minimum atomic E-state index is -0.242. The van der Waals surface area contributed by atoms with Crippen LogP contribution >= 0.6 is 0 Å². The van der Waals surface area contributed by atoms with Crippen molar-refractivity contribution in [3.8, 4) is 22.9 Å². The summed E-state index contributed by atoms with van der Waals surface area (Å²) in [6, 6.07) is 19.7. The zero-order valence-electron chi connectivity index (χ0n) is 18.7. The molecule has 8 nitrogen and oxygen atoms in total. The third-order valence-electron chi connectivity index (χ3n) is 5.93. The molecule has 2 amide bonds. The Morgan fingerprint density at radius 3 is 2.06 bits per heavy atom. The molecule has 2 aromatic carbocycles. The van der Waals surface area contributed by atoms with Gasteiger partial charge in [-0.1, -0.05) is 30.3 Å². The molecule has 0 atom stereocenters. The molecule has 0 bridgehead atoms. The summed E-state index contributed by atoms with van der Waals surface area (Å²) in [6.45, 7) is 3.36. The summed E-state index contributed by atoms with van der Waals surface area (Å²) in [5, 5.41) is 14.7. The van der Waals surface area contributed by atoms with Gasteiger partial charge in [0.1, 0.15) is 17.2 Å². The van der Waals surface area contributed by atoms with Crippen LogP contribution in [0.25, 0.3) is 17.1 Å². The van der Waals surface area contributed by atoms with Crippen LogP contribution in [0.4, 0.5) is 0 Å². The van der Waals surface area contributed by atoms with Gasteiger partial charge in [-0.2, -0.15) is 5.10 Å². The number of carbonyl (C=O) groups is 2. The molecular formula is C26H24N4O4. The van der Waals surface area contributed by atoms with Gasteiger partial charge >= 0.3 is 0 Å². The van der Waals surface area contributed by atoms with E-state index in [2.05, 4.69) is 5.10 Å². The minimum Gasteiger partial charge on any atom is -0.507 e. The van der Waals surface area contributed by atoms with E-state index in [1.807, 2.05) is 49.4 Å². The zero-order valence-corrected chi connectivity index (χ0v) is 18.7. The number of amides is 2. The molecule has 3 heterocycles. The molecule has 1 aliphatic rings. The molecule has 5 rings (SSSR count). The molecule has 1 aliphatic heterocycles. The maximum Gasteiger partial charge on any atom is 0.257 e. The van der Waals surface area contributed by atoms with Gasteiger partial charge in [0, 0.05) is 32.4 Å². The summed E-state index contributed by atoms with van der Waals surface area (Å²) in [4.78, 5) is 29.7. The highest BCUT2D eigenvalue weighted by atomic mass is 16.3. The molecule has 1 saturated heterocycles. The molecule has 0 spiro atoms. The summed E-state index contributed by atoms with van der Waals surface area (Å²) in [6.07, 6.45) is 1.73. The van der Waals surface area contributed by atoms with E-state index in [4.69, 9.17) is 4.42 Å². The monoisotopic (exact) mass is 456 g/mol. The average Bonchev–Trinajstić information content (AvgIpc) is 3.51. The standard InChI is InChI=1S/C26H24N4O4/c1-18-11-12-23(34-18)24-21(17-30(27-24)19-7-3-2-4-8-19)26(33)29-15-13-28(14-16-29)25(32)20-9-5-6-10-22(20)31/h2-12,17,31H,13-16H2,1H3. The maximum atomic E-state index is 13.5. The van der Waals surface area contributed by atoms with Crippen LogP contribution in [0.15, 0.2) is 77.3 Å². The van der Waals surface area contributed by atoms with E-state index in [1.54, 1.807) is 38.9 Å². The predicted octanol–water partition coefficient (Wildman–Crippen LogP) is 3.74. The third kappa shape index (κ3) is 4.05. The van der Waals surface area contributed by atoms with Crippen LogP contribution in [-0.4, -0.2) is 62.7 Å². The van der Waals surface area contributed by atoms with Crippen molar-refractivity contribution in [1.29, 1.82) is 0 Å². The second-order valence-electron chi connectivity index (χ2n) is 8.18. The molecule has 34 heavy (non-hydrogen) atoms. The number of piperazine rings is 1. The number of aromatic hydroxyl groups is 1.